The number of esters is 1. The van der Waals surface area contributed by atoms with Crippen molar-refractivity contribution in [2.45, 2.75) is 34.0 Å². The van der Waals surface area contributed by atoms with Crippen molar-refractivity contribution in [2.75, 3.05) is 28.4 Å². The van der Waals surface area contributed by atoms with E-state index in [0.29, 0.717) is 24.3 Å². The van der Waals surface area contributed by atoms with Gasteiger partial charge in [-0.25, -0.2) is 4.79 Å². The van der Waals surface area contributed by atoms with Gasteiger partial charge < -0.3 is 29.2 Å². The van der Waals surface area contributed by atoms with Crippen LogP contribution in [0.4, 0.5) is 0 Å². The molecule has 0 saturated heterocycles. The summed E-state index contributed by atoms with van der Waals surface area (Å²) in [5, 5.41) is 10.2. The number of benzene rings is 4. The third-order valence-corrected chi connectivity index (χ3v) is 6.93. The highest BCUT2D eigenvalue weighted by Crippen LogP contribution is 2.22. The Hall–Kier alpha value is -5.64. The molecule has 0 aliphatic heterocycles. The lowest BCUT2D eigenvalue weighted by atomic mass is 10.0. The van der Waals surface area contributed by atoms with Crippen LogP contribution in [-0.4, -0.2) is 51.7 Å². The molecule has 10 nitrogen and oxygen atoms in total. The number of rotatable bonds is 12. The van der Waals surface area contributed by atoms with E-state index in [4.69, 9.17) is 23.9 Å². The normalized spacial score (nSPS) is 11.0. The van der Waals surface area contributed by atoms with Gasteiger partial charge in [-0.15, -0.1) is 0 Å². The number of nitrogens with one attached hydrogen (secondary N) is 1. The zero-order chi connectivity index (χ0) is 34.2. The van der Waals surface area contributed by atoms with Crippen molar-refractivity contribution in [1.29, 1.82) is 0 Å². The van der Waals surface area contributed by atoms with Crippen molar-refractivity contribution in [3.05, 3.63) is 130 Å². The molecule has 0 heterocycles. The molecule has 0 aromatic heterocycles. The first-order valence-corrected chi connectivity index (χ1v) is 14.8. The molecule has 0 unspecified atom stereocenters. The van der Waals surface area contributed by atoms with E-state index in [1.165, 1.54) is 21.3 Å². The minimum Gasteiger partial charge on any atom is -0.489 e. The van der Waals surface area contributed by atoms with Crippen LogP contribution in [0.5, 0.6) is 11.5 Å². The molecule has 47 heavy (non-hydrogen) atoms. The molecular formula is C37H41N3O7. The summed E-state index contributed by atoms with van der Waals surface area (Å²) in [6.07, 6.45) is 0. The second kappa shape index (κ2) is 18.4. The van der Waals surface area contributed by atoms with Crippen molar-refractivity contribution < 1.29 is 33.5 Å². The Morgan fingerprint density at radius 1 is 0.638 bits per heavy atom. The van der Waals surface area contributed by atoms with Crippen LogP contribution >= 0.6 is 0 Å². The highest BCUT2D eigenvalue weighted by molar-refractivity contribution is 6.45. The molecule has 4 rings (SSSR count). The zero-order valence-corrected chi connectivity index (χ0v) is 27.8. The molecule has 0 bridgehead atoms. The number of likely N-dealkylation sites (N-methyl/N-ethyl adjacent to an activating group) is 1. The van der Waals surface area contributed by atoms with Gasteiger partial charge in [0.25, 0.3) is 5.91 Å². The number of amides is 1. The average molecular weight is 640 g/mol. The quantitative estimate of drug-likeness (QED) is 0.114. The maximum absolute atomic E-state index is 12.1. The fourth-order valence-corrected chi connectivity index (χ4v) is 4.45. The number of carbonyl (C=O) groups is 2. The van der Waals surface area contributed by atoms with Crippen LogP contribution < -0.4 is 14.8 Å². The summed E-state index contributed by atoms with van der Waals surface area (Å²) in [6.45, 7) is 6.65. The lowest BCUT2D eigenvalue weighted by Gasteiger charge is -2.13. The van der Waals surface area contributed by atoms with Gasteiger partial charge in [0.15, 0.2) is 11.4 Å². The van der Waals surface area contributed by atoms with Crippen LogP contribution in [0.1, 0.15) is 38.9 Å². The van der Waals surface area contributed by atoms with E-state index in [9.17, 15) is 9.59 Å². The molecule has 0 saturated carbocycles. The van der Waals surface area contributed by atoms with Crippen LogP contribution in [0.3, 0.4) is 0 Å². The number of ether oxygens (including phenoxy) is 3. The van der Waals surface area contributed by atoms with Crippen LogP contribution in [0.25, 0.3) is 0 Å². The summed E-state index contributed by atoms with van der Waals surface area (Å²) in [4.78, 5) is 33.6. The maximum atomic E-state index is 12.1. The van der Waals surface area contributed by atoms with Crippen LogP contribution in [-0.2, 0) is 37.2 Å². The smallest absolute Gasteiger partial charge is 0.360 e. The molecule has 4 aromatic carbocycles. The van der Waals surface area contributed by atoms with Crippen molar-refractivity contribution in [3.63, 3.8) is 0 Å². The third-order valence-electron chi connectivity index (χ3n) is 6.93. The molecule has 0 aliphatic rings. The number of hydrogen-bond acceptors (Lipinski definition) is 9. The molecule has 4 aromatic rings. The zero-order valence-electron chi connectivity index (χ0n) is 27.8. The third kappa shape index (κ3) is 10.2. The minimum atomic E-state index is -0.560. The van der Waals surface area contributed by atoms with Crippen molar-refractivity contribution >= 4 is 23.3 Å². The number of carbonyl (C=O) groups excluding carboxylic acids is 2. The Morgan fingerprint density at radius 3 is 1.72 bits per heavy atom. The molecule has 0 fully saturated rings. The molecular weight excluding hydrogens is 598 g/mol. The van der Waals surface area contributed by atoms with E-state index in [1.807, 2.05) is 106 Å². The number of para-hydroxylation sites is 1. The van der Waals surface area contributed by atoms with Gasteiger partial charge in [0.1, 0.15) is 38.9 Å². The Labute approximate surface area is 275 Å². The Kier molecular flexibility index (Phi) is 14.0. The average Bonchev–Trinajstić information content (AvgIpc) is 3.09. The summed E-state index contributed by atoms with van der Waals surface area (Å²) in [5.74, 6) is 0.756. The molecule has 1 N–H and O–H groups in total. The van der Waals surface area contributed by atoms with Gasteiger partial charge in [-0.3, -0.25) is 4.79 Å². The van der Waals surface area contributed by atoms with E-state index < -0.39 is 5.97 Å². The fourth-order valence-electron chi connectivity index (χ4n) is 4.45. The minimum absolute atomic E-state index is 0.110. The highest BCUT2D eigenvalue weighted by Gasteiger charge is 2.20. The molecule has 1 amide bonds. The van der Waals surface area contributed by atoms with E-state index in [-0.39, 0.29) is 17.3 Å². The SMILES string of the molecule is CNC(=O)/C(=N\OC)c1ccccc1COc1cc(C)ccc1C.CO/N=C(\C(=O)OC)c1ccccc1COc1ccccc1C. The van der Waals surface area contributed by atoms with Crippen LogP contribution in [0.2, 0.25) is 0 Å². The molecule has 0 atom stereocenters. The Bertz CT molecular complexity index is 1720. The second-order valence-electron chi connectivity index (χ2n) is 10.2. The molecule has 0 spiro atoms. The molecule has 0 radical (unpaired) electrons. The predicted molar refractivity (Wildman–Crippen MR) is 182 cm³/mol. The summed E-state index contributed by atoms with van der Waals surface area (Å²) in [6, 6.07) is 28.7. The van der Waals surface area contributed by atoms with E-state index in [0.717, 1.165) is 39.3 Å². The lowest BCUT2D eigenvalue weighted by Crippen LogP contribution is -2.29. The number of oxime groups is 2. The topological polar surface area (TPSA) is 117 Å². The van der Waals surface area contributed by atoms with Gasteiger partial charge >= 0.3 is 5.97 Å². The van der Waals surface area contributed by atoms with E-state index in [1.54, 1.807) is 13.1 Å². The number of methoxy groups -OCH3 is 1. The molecule has 10 heteroatoms. The van der Waals surface area contributed by atoms with Gasteiger partial charge in [0, 0.05) is 18.2 Å². The summed E-state index contributed by atoms with van der Waals surface area (Å²) in [7, 11) is 5.66. The van der Waals surface area contributed by atoms with Gasteiger partial charge in [0.05, 0.1) is 7.11 Å². The van der Waals surface area contributed by atoms with Gasteiger partial charge in [0.2, 0.25) is 0 Å². The van der Waals surface area contributed by atoms with Crippen LogP contribution in [0, 0.1) is 20.8 Å². The monoisotopic (exact) mass is 639 g/mol. The molecule has 0 aliphatic carbocycles. The summed E-state index contributed by atoms with van der Waals surface area (Å²) in [5.41, 5.74) is 6.56. The number of hydrogen-bond donors (Lipinski definition) is 1. The van der Waals surface area contributed by atoms with Gasteiger partial charge in [-0.1, -0.05) is 89.2 Å². The summed E-state index contributed by atoms with van der Waals surface area (Å²) < 4.78 is 16.6. The van der Waals surface area contributed by atoms with Crippen molar-refractivity contribution in [2.24, 2.45) is 10.3 Å². The van der Waals surface area contributed by atoms with Gasteiger partial charge in [-0.05, 0) is 60.7 Å². The van der Waals surface area contributed by atoms with E-state index >= 15 is 0 Å². The maximum Gasteiger partial charge on any atom is 0.360 e. The highest BCUT2D eigenvalue weighted by atomic mass is 16.6. The number of aryl methyl sites for hydroxylation is 3. The lowest BCUT2D eigenvalue weighted by molar-refractivity contribution is -0.132. The largest absolute Gasteiger partial charge is 0.489 e. The first-order valence-electron chi connectivity index (χ1n) is 14.8. The predicted octanol–water partition coefficient (Wildman–Crippen LogP) is 6.08. The Morgan fingerprint density at radius 2 is 1.15 bits per heavy atom. The fraction of sp³-hybridized carbons (Fsp3) is 0.243. The first kappa shape index (κ1) is 35.8. The second-order valence-corrected chi connectivity index (χ2v) is 10.2. The Balaban J connectivity index is 0.000000256. The van der Waals surface area contributed by atoms with E-state index in [2.05, 4.69) is 15.6 Å². The number of nitrogens with zero attached hydrogens (tertiary/aromatic N) is 2. The first-order chi connectivity index (χ1) is 22.7. The van der Waals surface area contributed by atoms with Crippen molar-refractivity contribution in [1.82, 2.24) is 5.32 Å². The van der Waals surface area contributed by atoms with Crippen molar-refractivity contribution in [3.8, 4) is 11.5 Å². The molecule has 246 valence electrons. The van der Waals surface area contributed by atoms with Gasteiger partial charge in [-0.2, -0.15) is 0 Å². The van der Waals surface area contributed by atoms with Crippen LogP contribution in [0.15, 0.2) is 101 Å². The summed E-state index contributed by atoms with van der Waals surface area (Å²) >= 11 is 0. The standard InChI is InChI=1S/C19H22N2O3.C18H19NO4/c1-13-9-10-14(2)17(11-13)24-12-15-7-5-6-8-16(15)18(21-23-4)19(22)20-3;1-13-8-4-7-11-16(13)23-12-14-9-5-6-10-15(14)17(19-22-3)18(20)21-2/h5-11H,12H2,1-4H3,(H,20,22);4-11H,12H2,1-3H3/b21-18-;19-17-.